The SMILES string of the molecule is O=C(Cc1ccccc1)[C@H](S)[C@@H](O)[C@H](O)[C@H](O)CO. The molecule has 0 saturated heterocycles. The maximum atomic E-state index is 11.9. The van der Waals surface area contributed by atoms with E-state index in [0.29, 0.717) is 0 Å². The van der Waals surface area contributed by atoms with Crippen LogP contribution in [0.25, 0.3) is 0 Å². The number of carbonyl (C=O) groups excluding carboxylic acids is 1. The second-order valence-electron chi connectivity index (χ2n) is 4.30. The molecule has 5 nitrogen and oxygen atoms in total. The zero-order valence-electron chi connectivity index (χ0n) is 10.3. The van der Waals surface area contributed by atoms with Gasteiger partial charge in [0.2, 0.25) is 0 Å². The third-order valence-corrected chi connectivity index (χ3v) is 3.40. The van der Waals surface area contributed by atoms with Crippen molar-refractivity contribution < 1.29 is 25.2 Å². The summed E-state index contributed by atoms with van der Waals surface area (Å²) in [7, 11) is 0. The lowest BCUT2D eigenvalue weighted by atomic mass is 9.99. The first kappa shape index (κ1) is 16.1. The van der Waals surface area contributed by atoms with Gasteiger partial charge in [0.1, 0.15) is 18.3 Å². The van der Waals surface area contributed by atoms with Gasteiger partial charge in [-0.1, -0.05) is 30.3 Å². The number of ketones is 1. The average Bonchev–Trinajstić information content (AvgIpc) is 2.44. The lowest BCUT2D eigenvalue weighted by Gasteiger charge is -2.25. The van der Waals surface area contributed by atoms with Gasteiger partial charge in [-0.25, -0.2) is 0 Å². The van der Waals surface area contributed by atoms with Crippen molar-refractivity contribution in [3.63, 3.8) is 0 Å². The van der Waals surface area contributed by atoms with E-state index in [4.69, 9.17) is 5.11 Å². The molecule has 0 heterocycles. The minimum atomic E-state index is -1.62. The highest BCUT2D eigenvalue weighted by Crippen LogP contribution is 2.14. The Balaban J connectivity index is 2.61. The molecule has 0 aliphatic heterocycles. The van der Waals surface area contributed by atoms with E-state index in [2.05, 4.69) is 12.6 Å². The molecule has 106 valence electrons. The number of hydrogen-bond acceptors (Lipinski definition) is 6. The van der Waals surface area contributed by atoms with Gasteiger partial charge in [0.25, 0.3) is 0 Å². The van der Waals surface area contributed by atoms with Gasteiger partial charge in [-0.3, -0.25) is 4.79 Å². The second kappa shape index (κ2) is 7.62. The fourth-order valence-corrected chi connectivity index (χ4v) is 1.88. The average molecular weight is 286 g/mol. The van der Waals surface area contributed by atoms with E-state index in [1.807, 2.05) is 6.07 Å². The first-order chi connectivity index (χ1) is 8.97. The fourth-order valence-electron chi connectivity index (χ4n) is 1.61. The molecular weight excluding hydrogens is 268 g/mol. The van der Waals surface area contributed by atoms with Crippen LogP contribution in [0.5, 0.6) is 0 Å². The first-order valence-electron chi connectivity index (χ1n) is 5.87. The van der Waals surface area contributed by atoms with Crippen LogP contribution in [0.1, 0.15) is 5.56 Å². The smallest absolute Gasteiger partial charge is 0.152 e. The number of carbonyl (C=O) groups is 1. The molecule has 0 radical (unpaired) electrons. The van der Waals surface area contributed by atoms with Crippen LogP contribution in [0, 0.1) is 0 Å². The number of rotatable bonds is 7. The Morgan fingerprint density at radius 1 is 1.11 bits per heavy atom. The second-order valence-corrected chi connectivity index (χ2v) is 4.86. The van der Waals surface area contributed by atoms with Crippen LogP contribution in [-0.4, -0.2) is 56.4 Å². The zero-order chi connectivity index (χ0) is 14.4. The van der Waals surface area contributed by atoms with E-state index < -0.39 is 30.2 Å². The maximum Gasteiger partial charge on any atom is 0.152 e. The van der Waals surface area contributed by atoms with Gasteiger partial charge in [0.05, 0.1) is 11.9 Å². The van der Waals surface area contributed by atoms with Crippen molar-refractivity contribution in [2.75, 3.05) is 6.61 Å². The Kier molecular flexibility index (Phi) is 6.47. The van der Waals surface area contributed by atoms with Crippen LogP contribution in [-0.2, 0) is 11.2 Å². The van der Waals surface area contributed by atoms with Crippen LogP contribution in [0.3, 0.4) is 0 Å². The molecule has 0 fully saturated rings. The van der Waals surface area contributed by atoms with Gasteiger partial charge in [-0.05, 0) is 5.56 Å². The first-order valence-corrected chi connectivity index (χ1v) is 6.38. The standard InChI is InChI=1S/C13H18O5S/c14-7-10(16)11(17)12(18)13(19)9(15)6-8-4-2-1-3-5-8/h1-5,10-14,16-19H,6-7H2/t10-,11-,12+,13+/m1/s1. The Bertz CT molecular complexity index is 397. The number of aliphatic hydroxyl groups excluding tert-OH is 4. The predicted octanol–water partition coefficient (Wildman–Crippen LogP) is -0.828. The molecule has 0 aliphatic rings. The molecule has 0 saturated carbocycles. The van der Waals surface area contributed by atoms with Crippen molar-refractivity contribution in [3.05, 3.63) is 35.9 Å². The molecule has 1 aromatic rings. The van der Waals surface area contributed by atoms with Crippen molar-refractivity contribution in [1.82, 2.24) is 0 Å². The molecule has 0 aromatic heterocycles. The fraction of sp³-hybridized carbons (Fsp3) is 0.462. The Labute approximate surface area is 116 Å². The molecular formula is C13H18O5S. The summed E-state index contributed by atoms with van der Waals surface area (Å²) in [6.07, 6.45) is -4.59. The van der Waals surface area contributed by atoms with Crippen molar-refractivity contribution in [2.24, 2.45) is 0 Å². The molecule has 0 amide bonds. The maximum absolute atomic E-state index is 11.9. The zero-order valence-corrected chi connectivity index (χ0v) is 11.1. The number of Topliss-reactive ketones (excluding diaryl/α,β-unsaturated/α-hetero) is 1. The summed E-state index contributed by atoms with van der Waals surface area (Å²) in [5.41, 5.74) is 0.774. The normalized spacial score (nSPS) is 17.5. The molecule has 4 atom stereocenters. The summed E-state index contributed by atoms with van der Waals surface area (Å²) in [5, 5.41) is 36.0. The Hall–Kier alpha value is -0.920. The summed E-state index contributed by atoms with van der Waals surface area (Å²) in [6, 6.07) is 8.93. The van der Waals surface area contributed by atoms with Crippen LogP contribution in [0.4, 0.5) is 0 Å². The summed E-state index contributed by atoms with van der Waals surface area (Å²) in [5.74, 6) is -0.369. The highest BCUT2D eigenvalue weighted by Gasteiger charge is 2.32. The lowest BCUT2D eigenvalue weighted by molar-refractivity contribution is -0.124. The Morgan fingerprint density at radius 2 is 1.68 bits per heavy atom. The van der Waals surface area contributed by atoms with E-state index in [1.54, 1.807) is 24.3 Å². The molecule has 0 aliphatic carbocycles. The van der Waals surface area contributed by atoms with Crippen LogP contribution in [0.15, 0.2) is 30.3 Å². The number of benzene rings is 1. The summed E-state index contributed by atoms with van der Waals surface area (Å²) >= 11 is 3.97. The molecule has 0 bridgehead atoms. The van der Waals surface area contributed by atoms with Gasteiger partial charge in [-0.15, -0.1) is 0 Å². The molecule has 4 N–H and O–H groups in total. The van der Waals surface area contributed by atoms with Gasteiger partial charge in [-0.2, -0.15) is 12.6 Å². The monoisotopic (exact) mass is 286 g/mol. The van der Waals surface area contributed by atoms with E-state index >= 15 is 0 Å². The van der Waals surface area contributed by atoms with Gasteiger partial charge in [0, 0.05) is 6.42 Å². The van der Waals surface area contributed by atoms with Crippen molar-refractivity contribution in [3.8, 4) is 0 Å². The minimum absolute atomic E-state index is 0.0774. The molecule has 0 unspecified atom stereocenters. The third kappa shape index (κ3) is 4.59. The summed E-state index contributed by atoms with van der Waals surface area (Å²) in [4.78, 5) is 11.9. The quantitative estimate of drug-likeness (QED) is 0.422. The predicted molar refractivity (Wildman–Crippen MR) is 73.0 cm³/mol. The van der Waals surface area contributed by atoms with E-state index in [1.165, 1.54) is 0 Å². The molecule has 6 heteroatoms. The van der Waals surface area contributed by atoms with Crippen LogP contribution >= 0.6 is 12.6 Å². The van der Waals surface area contributed by atoms with Crippen molar-refractivity contribution in [1.29, 1.82) is 0 Å². The Morgan fingerprint density at radius 3 is 2.21 bits per heavy atom. The minimum Gasteiger partial charge on any atom is -0.394 e. The van der Waals surface area contributed by atoms with Gasteiger partial charge >= 0.3 is 0 Å². The van der Waals surface area contributed by atoms with E-state index in [9.17, 15) is 20.1 Å². The van der Waals surface area contributed by atoms with Gasteiger partial charge in [0.15, 0.2) is 5.78 Å². The molecule has 0 spiro atoms. The largest absolute Gasteiger partial charge is 0.394 e. The highest BCUT2D eigenvalue weighted by molar-refractivity contribution is 7.81. The van der Waals surface area contributed by atoms with E-state index in [0.717, 1.165) is 5.56 Å². The van der Waals surface area contributed by atoms with E-state index in [-0.39, 0.29) is 12.2 Å². The summed E-state index contributed by atoms with van der Waals surface area (Å²) in [6.45, 7) is -0.703. The van der Waals surface area contributed by atoms with Crippen molar-refractivity contribution >= 4 is 18.4 Å². The van der Waals surface area contributed by atoms with Crippen LogP contribution in [0.2, 0.25) is 0 Å². The number of hydrogen-bond donors (Lipinski definition) is 5. The summed E-state index contributed by atoms with van der Waals surface area (Å²) < 4.78 is 0. The van der Waals surface area contributed by atoms with Crippen LogP contribution < -0.4 is 0 Å². The van der Waals surface area contributed by atoms with Crippen molar-refractivity contribution in [2.45, 2.75) is 30.0 Å². The van der Waals surface area contributed by atoms with Gasteiger partial charge < -0.3 is 20.4 Å². The molecule has 1 rings (SSSR count). The third-order valence-electron chi connectivity index (χ3n) is 2.81. The number of aliphatic hydroxyl groups is 4. The molecule has 1 aromatic carbocycles. The highest BCUT2D eigenvalue weighted by atomic mass is 32.1. The molecule has 19 heavy (non-hydrogen) atoms. The lowest BCUT2D eigenvalue weighted by Crippen LogP contribution is -2.46. The number of thiol groups is 1. The topological polar surface area (TPSA) is 98.0 Å².